The number of esters is 1. The minimum absolute atomic E-state index is 0.136. The highest BCUT2D eigenvalue weighted by Gasteiger charge is 2.21. The number of para-hydroxylation sites is 2. The summed E-state index contributed by atoms with van der Waals surface area (Å²) < 4.78 is 10.5. The minimum atomic E-state index is -0.692. The minimum Gasteiger partial charge on any atom is -0.481 e. The van der Waals surface area contributed by atoms with Crippen LogP contribution in [0.15, 0.2) is 78.9 Å². The number of carbonyl (C=O) groups is 2. The quantitative estimate of drug-likeness (QED) is 0.484. The van der Waals surface area contributed by atoms with Crippen LogP contribution in [0.3, 0.4) is 0 Å². The number of hydrogen-bond acceptors (Lipinski definition) is 6. The van der Waals surface area contributed by atoms with Crippen molar-refractivity contribution >= 4 is 28.9 Å². The van der Waals surface area contributed by atoms with Crippen molar-refractivity contribution in [3.05, 3.63) is 84.4 Å². The van der Waals surface area contributed by atoms with E-state index in [1.807, 2.05) is 74.5 Å². The average molecular weight is 444 g/mol. The van der Waals surface area contributed by atoms with Crippen LogP contribution in [-0.2, 0) is 14.3 Å². The van der Waals surface area contributed by atoms with Gasteiger partial charge in [0.1, 0.15) is 11.8 Å². The summed E-state index contributed by atoms with van der Waals surface area (Å²) >= 11 is 0. The van der Waals surface area contributed by atoms with Crippen molar-refractivity contribution in [1.29, 1.82) is 5.26 Å². The second-order valence-corrected chi connectivity index (χ2v) is 7.45. The molecule has 168 valence electrons. The first-order valence-corrected chi connectivity index (χ1v) is 10.5. The summed E-state index contributed by atoms with van der Waals surface area (Å²) in [7, 11) is 0. The Labute approximate surface area is 193 Å². The number of carbonyl (C=O) groups excluding carboxylic acids is 2. The standard InChI is InChI=1S/C26H25N3O4/c1-19(2)29(23-14-12-22(13-15-23)28-21-9-4-3-5-10-21)25(30)17-33-26(31)18-32-24-11-7-6-8-20(24)16-27/h3-15,19,28H,17-18H2,1-2H3. The number of benzene rings is 3. The first-order valence-electron chi connectivity index (χ1n) is 10.5. The molecule has 0 heterocycles. The molecule has 0 unspecified atom stereocenters. The molecule has 3 aromatic carbocycles. The highest BCUT2D eigenvalue weighted by Crippen LogP contribution is 2.23. The molecule has 1 N–H and O–H groups in total. The molecule has 33 heavy (non-hydrogen) atoms. The Morgan fingerprint density at radius 2 is 1.55 bits per heavy atom. The first-order chi connectivity index (χ1) is 16.0. The van der Waals surface area contributed by atoms with Gasteiger partial charge < -0.3 is 19.7 Å². The molecule has 0 saturated heterocycles. The van der Waals surface area contributed by atoms with Crippen LogP contribution in [0, 0.1) is 11.3 Å². The van der Waals surface area contributed by atoms with Crippen LogP contribution in [0.2, 0.25) is 0 Å². The Morgan fingerprint density at radius 1 is 0.909 bits per heavy atom. The fourth-order valence-corrected chi connectivity index (χ4v) is 3.20. The molecule has 0 spiro atoms. The SMILES string of the molecule is CC(C)N(C(=O)COC(=O)COc1ccccc1C#N)c1ccc(Nc2ccccc2)cc1. The molecule has 1 amide bonds. The summed E-state index contributed by atoms with van der Waals surface area (Å²) in [6.07, 6.45) is 0. The number of rotatable bonds is 9. The molecule has 0 atom stereocenters. The fraction of sp³-hybridized carbons (Fsp3) is 0.192. The van der Waals surface area contributed by atoms with Crippen molar-refractivity contribution in [1.82, 2.24) is 0 Å². The molecule has 0 fully saturated rings. The van der Waals surface area contributed by atoms with Gasteiger partial charge in [0, 0.05) is 23.1 Å². The number of anilines is 3. The number of nitriles is 1. The van der Waals surface area contributed by atoms with E-state index < -0.39 is 19.2 Å². The Bertz CT molecular complexity index is 1120. The Hall–Kier alpha value is -4.31. The molecule has 0 saturated carbocycles. The van der Waals surface area contributed by atoms with Gasteiger partial charge in [-0.2, -0.15) is 5.26 Å². The lowest BCUT2D eigenvalue weighted by molar-refractivity contribution is -0.149. The number of hydrogen-bond donors (Lipinski definition) is 1. The van der Waals surface area contributed by atoms with E-state index >= 15 is 0 Å². The van der Waals surface area contributed by atoms with E-state index in [4.69, 9.17) is 14.7 Å². The van der Waals surface area contributed by atoms with E-state index in [1.54, 1.807) is 29.2 Å². The van der Waals surface area contributed by atoms with E-state index in [0.717, 1.165) is 11.4 Å². The molecule has 3 aromatic rings. The van der Waals surface area contributed by atoms with Gasteiger partial charge in [0.2, 0.25) is 0 Å². The molecule has 0 radical (unpaired) electrons. The summed E-state index contributed by atoms with van der Waals surface area (Å²) in [6.45, 7) is 2.97. The third-order valence-electron chi connectivity index (χ3n) is 4.70. The summed E-state index contributed by atoms with van der Waals surface area (Å²) in [5.74, 6) is -0.752. The normalized spacial score (nSPS) is 10.2. The Morgan fingerprint density at radius 3 is 2.21 bits per heavy atom. The average Bonchev–Trinajstić information content (AvgIpc) is 2.83. The zero-order valence-corrected chi connectivity index (χ0v) is 18.5. The number of nitrogens with one attached hydrogen (secondary N) is 1. The van der Waals surface area contributed by atoms with Gasteiger partial charge in [0.25, 0.3) is 5.91 Å². The Kier molecular flexibility index (Phi) is 8.03. The molecule has 0 aliphatic heterocycles. The van der Waals surface area contributed by atoms with E-state index in [-0.39, 0.29) is 17.7 Å². The first kappa shape index (κ1) is 23.4. The summed E-state index contributed by atoms with van der Waals surface area (Å²) in [4.78, 5) is 26.4. The molecule has 7 nitrogen and oxygen atoms in total. The smallest absolute Gasteiger partial charge is 0.344 e. The van der Waals surface area contributed by atoms with Crippen molar-refractivity contribution in [2.75, 3.05) is 23.4 Å². The van der Waals surface area contributed by atoms with Crippen LogP contribution in [-0.4, -0.2) is 31.1 Å². The molecule has 0 bridgehead atoms. The van der Waals surface area contributed by atoms with E-state index in [0.29, 0.717) is 11.3 Å². The van der Waals surface area contributed by atoms with Crippen molar-refractivity contribution in [3.63, 3.8) is 0 Å². The van der Waals surface area contributed by atoms with Crippen LogP contribution in [0.4, 0.5) is 17.1 Å². The zero-order chi connectivity index (χ0) is 23.6. The number of amides is 1. The third-order valence-corrected chi connectivity index (χ3v) is 4.70. The van der Waals surface area contributed by atoms with Gasteiger partial charge in [-0.15, -0.1) is 0 Å². The second kappa shape index (κ2) is 11.3. The zero-order valence-electron chi connectivity index (χ0n) is 18.5. The van der Waals surface area contributed by atoms with Crippen LogP contribution in [0.25, 0.3) is 0 Å². The van der Waals surface area contributed by atoms with Crippen molar-refractivity contribution < 1.29 is 19.1 Å². The maximum atomic E-state index is 12.8. The molecule has 0 aliphatic rings. The number of nitrogens with zero attached hydrogens (tertiary/aromatic N) is 2. The number of ether oxygens (including phenoxy) is 2. The molecule has 0 aliphatic carbocycles. The second-order valence-electron chi connectivity index (χ2n) is 7.45. The third kappa shape index (κ3) is 6.58. The van der Waals surface area contributed by atoms with Crippen LogP contribution in [0.1, 0.15) is 19.4 Å². The molecular formula is C26H25N3O4. The molecular weight excluding hydrogens is 418 g/mol. The van der Waals surface area contributed by atoms with Crippen LogP contribution in [0.5, 0.6) is 5.75 Å². The van der Waals surface area contributed by atoms with Gasteiger partial charge in [0.15, 0.2) is 13.2 Å². The predicted octanol–water partition coefficient (Wildman–Crippen LogP) is 4.67. The molecule has 7 heteroatoms. The molecule has 3 rings (SSSR count). The van der Waals surface area contributed by atoms with Crippen molar-refractivity contribution in [3.8, 4) is 11.8 Å². The summed E-state index contributed by atoms with van der Waals surface area (Å²) in [6, 6.07) is 25.7. The van der Waals surface area contributed by atoms with Gasteiger partial charge in [-0.1, -0.05) is 30.3 Å². The van der Waals surface area contributed by atoms with Crippen molar-refractivity contribution in [2.45, 2.75) is 19.9 Å². The van der Waals surface area contributed by atoms with Crippen LogP contribution >= 0.6 is 0 Å². The molecule has 0 aromatic heterocycles. The maximum Gasteiger partial charge on any atom is 0.344 e. The highest BCUT2D eigenvalue weighted by molar-refractivity contribution is 5.96. The summed E-state index contributed by atoms with van der Waals surface area (Å²) in [5.41, 5.74) is 2.87. The lowest BCUT2D eigenvalue weighted by Gasteiger charge is -2.27. The lowest BCUT2D eigenvalue weighted by atomic mass is 10.2. The lowest BCUT2D eigenvalue weighted by Crippen LogP contribution is -2.40. The van der Waals surface area contributed by atoms with Gasteiger partial charge in [0.05, 0.1) is 5.56 Å². The summed E-state index contributed by atoms with van der Waals surface area (Å²) in [5, 5.41) is 12.4. The van der Waals surface area contributed by atoms with Gasteiger partial charge in [-0.3, -0.25) is 4.79 Å². The van der Waals surface area contributed by atoms with Crippen molar-refractivity contribution in [2.24, 2.45) is 0 Å². The van der Waals surface area contributed by atoms with E-state index in [1.165, 1.54) is 0 Å². The van der Waals surface area contributed by atoms with Crippen LogP contribution < -0.4 is 15.0 Å². The van der Waals surface area contributed by atoms with Gasteiger partial charge >= 0.3 is 5.97 Å². The van der Waals surface area contributed by atoms with Gasteiger partial charge in [-0.25, -0.2) is 4.79 Å². The largest absolute Gasteiger partial charge is 0.481 e. The van der Waals surface area contributed by atoms with Gasteiger partial charge in [-0.05, 0) is 62.4 Å². The van der Waals surface area contributed by atoms with E-state index in [9.17, 15) is 9.59 Å². The highest BCUT2D eigenvalue weighted by atomic mass is 16.6. The fourth-order valence-electron chi connectivity index (χ4n) is 3.20. The topological polar surface area (TPSA) is 91.7 Å². The monoisotopic (exact) mass is 443 g/mol. The van der Waals surface area contributed by atoms with E-state index in [2.05, 4.69) is 5.32 Å². The Balaban J connectivity index is 1.56. The predicted molar refractivity (Wildman–Crippen MR) is 126 cm³/mol. The maximum absolute atomic E-state index is 12.8.